The van der Waals surface area contributed by atoms with Crippen molar-refractivity contribution in [3.63, 3.8) is 0 Å². The molecule has 0 saturated carbocycles. The number of hydrazone groups is 2. The Bertz CT molecular complexity index is 1030. The van der Waals surface area contributed by atoms with E-state index in [1.54, 1.807) is 13.8 Å². The largest absolute Gasteiger partial charge is 0.446 e. The van der Waals surface area contributed by atoms with Crippen molar-refractivity contribution >= 4 is 77.8 Å². The van der Waals surface area contributed by atoms with E-state index in [9.17, 15) is 9.59 Å². The molecule has 0 aliphatic heterocycles. The molecule has 0 atom stereocenters. The molecule has 0 unspecified atom stereocenters. The number of carbonyl (C=O) groups is 2. The summed E-state index contributed by atoms with van der Waals surface area (Å²) in [5.74, 6) is -1.16. The van der Waals surface area contributed by atoms with Crippen LogP contribution in [-0.2, 0) is 0 Å². The lowest BCUT2D eigenvalue weighted by atomic mass is 10.3. The van der Waals surface area contributed by atoms with Crippen LogP contribution in [0.4, 0.5) is 0 Å². The second-order valence-corrected chi connectivity index (χ2v) is 10.6. The van der Waals surface area contributed by atoms with Crippen LogP contribution in [0.5, 0.6) is 0 Å². The molecular formula is C18H14Br2N4O3S2. The maximum Gasteiger partial charge on any atom is 0.307 e. The first kappa shape index (κ1) is 21.6. The predicted octanol–water partition coefficient (Wildman–Crippen LogP) is 5.24. The molecule has 0 spiro atoms. The molecule has 0 saturated heterocycles. The summed E-state index contributed by atoms with van der Waals surface area (Å²) in [7, 11) is 0. The van der Waals surface area contributed by atoms with E-state index in [1.165, 1.54) is 34.8 Å². The van der Waals surface area contributed by atoms with Gasteiger partial charge in [-0.25, -0.2) is 10.9 Å². The molecule has 0 bridgehead atoms. The maximum absolute atomic E-state index is 12.2. The van der Waals surface area contributed by atoms with Gasteiger partial charge in [0, 0.05) is 0 Å². The molecule has 7 nitrogen and oxygen atoms in total. The summed E-state index contributed by atoms with van der Waals surface area (Å²) in [6.07, 6.45) is 0. The van der Waals surface area contributed by atoms with Gasteiger partial charge in [0.2, 0.25) is 0 Å². The van der Waals surface area contributed by atoms with Crippen molar-refractivity contribution in [2.45, 2.75) is 13.8 Å². The minimum Gasteiger partial charge on any atom is -0.446 e. The summed E-state index contributed by atoms with van der Waals surface area (Å²) in [5, 5.41) is 8.11. The molecule has 3 aromatic heterocycles. The maximum atomic E-state index is 12.2. The Morgan fingerprint density at radius 1 is 0.793 bits per heavy atom. The minimum absolute atomic E-state index is 0.0260. The van der Waals surface area contributed by atoms with E-state index in [4.69, 9.17) is 4.42 Å². The Hall–Kier alpha value is -2.08. The van der Waals surface area contributed by atoms with E-state index in [-0.39, 0.29) is 11.5 Å². The second-order valence-electron chi connectivity index (χ2n) is 5.65. The molecule has 0 aliphatic carbocycles. The summed E-state index contributed by atoms with van der Waals surface area (Å²) < 4.78 is 7.26. The lowest BCUT2D eigenvalue weighted by Crippen LogP contribution is -2.20. The van der Waals surface area contributed by atoms with Gasteiger partial charge in [-0.1, -0.05) is 0 Å². The van der Waals surface area contributed by atoms with Crippen molar-refractivity contribution in [1.29, 1.82) is 0 Å². The number of halogens is 2. The minimum atomic E-state index is -0.554. The average Bonchev–Trinajstić information content (AvgIpc) is 3.44. The monoisotopic (exact) mass is 556 g/mol. The third kappa shape index (κ3) is 5.72. The lowest BCUT2D eigenvalue weighted by Gasteiger charge is -2.00. The average molecular weight is 558 g/mol. The van der Waals surface area contributed by atoms with Gasteiger partial charge < -0.3 is 4.42 Å². The van der Waals surface area contributed by atoms with Crippen LogP contribution in [0.1, 0.15) is 44.7 Å². The number of furan rings is 1. The van der Waals surface area contributed by atoms with Crippen molar-refractivity contribution in [2.75, 3.05) is 0 Å². The fourth-order valence-corrected chi connectivity index (χ4v) is 4.75. The number of thiophene rings is 2. The van der Waals surface area contributed by atoms with Gasteiger partial charge in [-0.2, -0.15) is 10.2 Å². The standard InChI is InChI=1S/C18H14Br2N4O3S2/c1-9(13-5-7-15(19)28-13)21-23-17(25)11-3-4-12(27-11)18(26)24-22-10(2)14-6-8-16(20)29-14/h3-8H,1-2H3,(H,23,25)(H,24,26). The number of carbonyl (C=O) groups excluding carboxylic acids is 2. The molecule has 3 rings (SSSR count). The fourth-order valence-electron chi connectivity index (χ4n) is 2.09. The zero-order chi connectivity index (χ0) is 21.0. The summed E-state index contributed by atoms with van der Waals surface area (Å²) in [6.45, 7) is 3.57. The molecular weight excluding hydrogens is 544 g/mol. The second kappa shape index (κ2) is 9.61. The van der Waals surface area contributed by atoms with Gasteiger partial charge in [0.1, 0.15) is 0 Å². The SMILES string of the molecule is CC(=NNC(=O)c1ccc(C(=O)NN=C(C)c2ccc(Br)s2)o1)c1ccc(Br)s1. The highest BCUT2D eigenvalue weighted by atomic mass is 79.9. The highest BCUT2D eigenvalue weighted by Gasteiger charge is 2.16. The number of amides is 2. The Labute approximate surface area is 191 Å². The van der Waals surface area contributed by atoms with E-state index in [0.29, 0.717) is 11.4 Å². The molecule has 0 aromatic carbocycles. The van der Waals surface area contributed by atoms with Crippen LogP contribution in [0.25, 0.3) is 0 Å². The number of rotatable bonds is 6. The summed E-state index contributed by atoms with van der Waals surface area (Å²) in [4.78, 5) is 26.2. The zero-order valence-corrected chi connectivity index (χ0v) is 20.0. The molecule has 0 radical (unpaired) electrons. The first-order chi connectivity index (χ1) is 13.8. The van der Waals surface area contributed by atoms with Crippen molar-refractivity contribution in [2.24, 2.45) is 10.2 Å². The predicted molar refractivity (Wildman–Crippen MR) is 122 cm³/mol. The zero-order valence-electron chi connectivity index (χ0n) is 15.2. The van der Waals surface area contributed by atoms with Crippen LogP contribution >= 0.6 is 54.5 Å². The van der Waals surface area contributed by atoms with Gasteiger partial charge in [0.15, 0.2) is 11.5 Å². The van der Waals surface area contributed by atoms with Crippen LogP contribution in [0.2, 0.25) is 0 Å². The van der Waals surface area contributed by atoms with Crippen LogP contribution in [-0.4, -0.2) is 23.2 Å². The molecule has 0 fully saturated rings. The molecule has 2 N–H and O–H groups in total. The highest BCUT2D eigenvalue weighted by Crippen LogP contribution is 2.23. The molecule has 3 aromatic rings. The quantitative estimate of drug-likeness (QED) is 0.320. The topological polar surface area (TPSA) is 96.1 Å². The van der Waals surface area contributed by atoms with E-state index in [2.05, 4.69) is 52.9 Å². The van der Waals surface area contributed by atoms with Crippen LogP contribution in [0, 0.1) is 0 Å². The van der Waals surface area contributed by atoms with Crippen molar-refractivity contribution in [1.82, 2.24) is 10.9 Å². The molecule has 0 aliphatic rings. The van der Waals surface area contributed by atoms with E-state index in [0.717, 1.165) is 17.3 Å². The third-order valence-electron chi connectivity index (χ3n) is 3.56. The van der Waals surface area contributed by atoms with Gasteiger partial charge in [-0.15, -0.1) is 22.7 Å². The van der Waals surface area contributed by atoms with Crippen molar-refractivity contribution in [3.8, 4) is 0 Å². The van der Waals surface area contributed by atoms with E-state index in [1.807, 2.05) is 24.3 Å². The van der Waals surface area contributed by atoms with Gasteiger partial charge in [-0.05, 0) is 82.1 Å². The summed E-state index contributed by atoms with van der Waals surface area (Å²) in [5.41, 5.74) is 6.15. The Kier molecular flexibility index (Phi) is 7.17. The molecule has 29 heavy (non-hydrogen) atoms. The molecule has 3 heterocycles. The van der Waals surface area contributed by atoms with Gasteiger partial charge >= 0.3 is 11.8 Å². The number of nitrogens with one attached hydrogen (secondary N) is 2. The smallest absolute Gasteiger partial charge is 0.307 e. The van der Waals surface area contributed by atoms with Crippen molar-refractivity contribution < 1.29 is 14.0 Å². The van der Waals surface area contributed by atoms with E-state index < -0.39 is 11.8 Å². The molecule has 150 valence electrons. The first-order valence-electron chi connectivity index (χ1n) is 8.14. The summed E-state index contributed by atoms with van der Waals surface area (Å²) in [6, 6.07) is 10.4. The molecule has 2 amide bonds. The first-order valence-corrected chi connectivity index (χ1v) is 11.4. The lowest BCUT2D eigenvalue weighted by molar-refractivity contribution is 0.0902. The molecule has 11 heteroatoms. The van der Waals surface area contributed by atoms with Crippen LogP contribution in [0.3, 0.4) is 0 Å². The Balaban J connectivity index is 1.60. The van der Waals surface area contributed by atoms with Gasteiger partial charge in [0.25, 0.3) is 0 Å². The van der Waals surface area contributed by atoms with Gasteiger partial charge in [-0.3, -0.25) is 9.59 Å². The normalized spacial score (nSPS) is 12.1. The number of nitrogens with zero attached hydrogens (tertiary/aromatic N) is 2. The Morgan fingerprint density at radius 2 is 1.21 bits per heavy atom. The summed E-state index contributed by atoms with van der Waals surface area (Å²) >= 11 is 9.77. The highest BCUT2D eigenvalue weighted by molar-refractivity contribution is 9.11. The third-order valence-corrected chi connectivity index (χ3v) is 7.03. The van der Waals surface area contributed by atoms with E-state index >= 15 is 0 Å². The van der Waals surface area contributed by atoms with Gasteiger partial charge in [0.05, 0.1) is 28.8 Å². The van der Waals surface area contributed by atoms with Crippen LogP contribution in [0.15, 0.2) is 58.6 Å². The van der Waals surface area contributed by atoms with Crippen LogP contribution < -0.4 is 10.9 Å². The number of hydrogen-bond donors (Lipinski definition) is 2. The number of hydrogen-bond acceptors (Lipinski definition) is 7. The Morgan fingerprint density at radius 3 is 1.55 bits per heavy atom. The van der Waals surface area contributed by atoms with Crippen molar-refractivity contribution in [3.05, 3.63) is 65.2 Å². The fraction of sp³-hybridized carbons (Fsp3) is 0.111.